The van der Waals surface area contributed by atoms with Gasteiger partial charge in [-0.05, 0) is 37.6 Å². The van der Waals surface area contributed by atoms with Crippen LogP contribution in [0.4, 0.5) is 0 Å². The Morgan fingerprint density at radius 2 is 1.73 bits per heavy atom. The fourth-order valence-corrected chi connectivity index (χ4v) is 2.19. The molecule has 7 nitrogen and oxygen atoms in total. The van der Waals surface area contributed by atoms with Crippen molar-refractivity contribution in [1.82, 2.24) is 9.97 Å². The highest BCUT2D eigenvalue weighted by Crippen LogP contribution is 2.08. The van der Waals surface area contributed by atoms with E-state index in [9.17, 15) is 19.2 Å². The number of Topliss-reactive ketones (excluding diaryl/α,β-unsaturated/α-hetero) is 3. The number of carbonyl (C=O) groups is 4. The Bertz CT molecular complexity index is 818. The Hall–Kier alpha value is -3.22. The van der Waals surface area contributed by atoms with Crippen LogP contribution in [0.5, 0.6) is 0 Å². The molecular formula is C19H18N2O5. The van der Waals surface area contributed by atoms with Crippen LogP contribution in [0, 0.1) is 0 Å². The third-order valence-electron chi connectivity index (χ3n) is 3.48. The van der Waals surface area contributed by atoms with Crippen LogP contribution in [0.3, 0.4) is 0 Å². The van der Waals surface area contributed by atoms with E-state index in [1.807, 2.05) is 0 Å². The van der Waals surface area contributed by atoms with E-state index in [2.05, 4.69) is 14.7 Å². The zero-order chi connectivity index (χ0) is 18.9. The van der Waals surface area contributed by atoms with Gasteiger partial charge in [0.25, 0.3) is 0 Å². The van der Waals surface area contributed by atoms with E-state index >= 15 is 0 Å². The Kier molecular flexibility index (Phi) is 6.84. The Morgan fingerprint density at radius 1 is 0.962 bits per heavy atom. The molecule has 0 aliphatic carbocycles. The first-order valence-electron chi connectivity index (χ1n) is 8.14. The van der Waals surface area contributed by atoms with Gasteiger partial charge in [-0.1, -0.05) is 12.1 Å². The summed E-state index contributed by atoms with van der Waals surface area (Å²) in [5.41, 5.74) is 0.994. The number of rotatable bonds is 9. The van der Waals surface area contributed by atoms with Crippen LogP contribution in [0.25, 0.3) is 0 Å². The fraction of sp³-hybridized carbons (Fsp3) is 0.263. The minimum Gasteiger partial charge on any atom is -0.460 e. The van der Waals surface area contributed by atoms with Gasteiger partial charge in [0.2, 0.25) is 5.78 Å². The second-order valence-electron chi connectivity index (χ2n) is 5.40. The van der Waals surface area contributed by atoms with Crippen molar-refractivity contribution in [2.24, 2.45) is 0 Å². The molecule has 2 aromatic rings. The molecule has 0 fully saturated rings. The van der Waals surface area contributed by atoms with Gasteiger partial charge in [0.15, 0.2) is 11.6 Å². The van der Waals surface area contributed by atoms with E-state index in [-0.39, 0.29) is 24.5 Å². The highest BCUT2D eigenvalue weighted by molar-refractivity contribution is 6.38. The molecular weight excluding hydrogens is 336 g/mol. The Morgan fingerprint density at radius 3 is 2.42 bits per heavy atom. The van der Waals surface area contributed by atoms with Gasteiger partial charge in [0.05, 0.1) is 13.0 Å². The summed E-state index contributed by atoms with van der Waals surface area (Å²) in [4.78, 5) is 55.2. The molecule has 0 bridgehead atoms. The predicted octanol–water partition coefficient (Wildman–Crippen LogP) is 2.00. The molecule has 0 saturated carbocycles. The van der Waals surface area contributed by atoms with Crippen LogP contribution in [0.2, 0.25) is 0 Å². The number of ketones is 3. The molecule has 0 unspecified atom stereocenters. The van der Waals surface area contributed by atoms with Gasteiger partial charge < -0.3 is 4.74 Å². The van der Waals surface area contributed by atoms with Crippen molar-refractivity contribution >= 4 is 23.3 Å². The number of ether oxygens (including phenoxy) is 1. The van der Waals surface area contributed by atoms with Crippen LogP contribution in [-0.2, 0) is 20.7 Å². The summed E-state index contributed by atoms with van der Waals surface area (Å²) in [7, 11) is 0. The van der Waals surface area contributed by atoms with Crippen molar-refractivity contribution in [3.8, 4) is 0 Å². The van der Waals surface area contributed by atoms with Crippen LogP contribution in [0.15, 0.2) is 42.6 Å². The van der Waals surface area contributed by atoms with Crippen molar-refractivity contribution in [2.75, 3.05) is 6.61 Å². The summed E-state index contributed by atoms with van der Waals surface area (Å²) >= 11 is 0. The molecule has 0 aliphatic rings. The highest BCUT2D eigenvalue weighted by atomic mass is 16.5. The average molecular weight is 354 g/mol. The molecule has 0 saturated heterocycles. The SMILES string of the molecule is CCOC(=O)C(=O)CC(=O)c1cccc(CCC(=O)c2ccccn2)n1. The molecule has 7 heteroatoms. The minimum atomic E-state index is -1.03. The van der Waals surface area contributed by atoms with Gasteiger partial charge in [0, 0.05) is 18.3 Å². The normalized spacial score (nSPS) is 10.2. The van der Waals surface area contributed by atoms with Gasteiger partial charge in [-0.3, -0.25) is 19.4 Å². The number of carbonyl (C=O) groups excluding carboxylic acids is 4. The average Bonchev–Trinajstić information content (AvgIpc) is 2.67. The first kappa shape index (κ1) is 19.1. The lowest BCUT2D eigenvalue weighted by atomic mass is 10.1. The third-order valence-corrected chi connectivity index (χ3v) is 3.48. The second kappa shape index (κ2) is 9.31. The molecule has 0 spiro atoms. The highest BCUT2D eigenvalue weighted by Gasteiger charge is 2.21. The maximum absolute atomic E-state index is 12.1. The summed E-state index contributed by atoms with van der Waals surface area (Å²) in [6.07, 6.45) is 1.49. The number of hydrogen-bond acceptors (Lipinski definition) is 7. The van der Waals surface area contributed by atoms with Crippen LogP contribution in [0.1, 0.15) is 46.4 Å². The summed E-state index contributed by atoms with van der Waals surface area (Å²) in [5, 5.41) is 0. The number of esters is 1. The van der Waals surface area contributed by atoms with Gasteiger partial charge in [-0.25, -0.2) is 9.78 Å². The van der Waals surface area contributed by atoms with E-state index in [1.165, 1.54) is 6.07 Å². The lowest BCUT2D eigenvalue weighted by Crippen LogP contribution is -2.21. The van der Waals surface area contributed by atoms with Gasteiger partial charge in [-0.2, -0.15) is 0 Å². The van der Waals surface area contributed by atoms with Crippen molar-refractivity contribution < 1.29 is 23.9 Å². The van der Waals surface area contributed by atoms with Crippen molar-refractivity contribution in [1.29, 1.82) is 0 Å². The van der Waals surface area contributed by atoms with Crippen LogP contribution < -0.4 is 0 Å². The number of hydrogen-bond donors (Lipinski definition) is 0. The lowest BCUT2D eigenvalue weighted by molar-refractivity contribution is -0.153. The standard InChI is InChI=1S/C19H18N2O5/c1-2-26-19(25)18(24)12-17(23)15-8-5-6-13(21-15)9-10-16(22)14-7-3-4-11-20-14/h3-8,11H,2,9-10,12H2,1H3. The van der Waals surface area contributed by atoms with Crippen molar-refractivity contribution in [3.63, 3.8) is 0 Å². The quantitative estimate of drug-likeness (QED) is 0.294. The number of aromatic nitrogens is 2. The van der Waals surface area contributed by atoms with E-state index in [4.69, 9.17) is 0 Å². The minimum absolute atomic E-state index is 0.0663. The molecule has 134 valence electrons. The summed E-state index contributed by atoms with van der Waals surface area (Å²) in [6.45, 7) is 1.64. The van der Waals surface area contributed by atoms with Crippen LogP contribution in [-0.4, -0.2) is 39.9 Å². The molecule has 2 aromatic heterocycles. The van der Waals surface area contributed by atoms with E-state index < -0.39 is 24.0 Å². The zero-order valence-corrected chi connectivity index (χ0v) is 14.3. The number of pyridine rings is 2. The Labute approximate surface area is 150 Å². The monoisotopic (exact) mass is 354 g/mol. The molecule has 0 aromatic carbocycles. The maximum Gasteiger partial charge on any atom is 0.375 e. The molecule has 0 aliphatic heterocycles. The van der Waals surface area contributed by atoms with Crippen molar-refractivity contribution in [2.45, 2.75) is 26.2 Å². The largest absolute Gasteiger partial charge is 0.460 e. The molecule has 2 rings (SSSR count). The van der Waals surface area contributed by atoms with E-state index in [1.54, 1.807) is 43.5 Å². The smallest absolute Gasteiger partial charge is 0.375 e. The first-order valence-corrected chi connectivity index (χ1v) is 8.14. The van der Waals surface area contributed by atoms with Gasteiger partial charge in [-0.15, -0.1) is 0 Å². The first-order chi connectivity index (χ1) is 12.5. The second-order valence-corrected chi connectivity index (χ2v) is 5.40. The van der Waals surface area contributed by atoms with Gasteiger partial charge >= 0.3 is 5.97 Å². The molecule has 0 radical (unpaired) electrons. The Balaban J connectivity index is 1.97. The topological polar surface area (TPSA) is 103 Å². The lowest BCUT2D eigenvalue weighted by Gasteiger charge is -2.04. The van der Waals surface area contributed by atoms with E-state index in [0.717, 1.165) is 0 Å². The maximum atomic E-state index is 12.1. The molecule has 0 atom stereocenters. The summed E-state index contributed by atoms with van der Waals surface area (Å²) in [6, 6.07) is 9.87. The summed E-state index contributed by atoms with van der Waals surface area (Å²) < 4.78 is 4.57. The van der Waals surface area contributed by atoms with Crippen molar-refractivity contribution in [3.05, 3.63) is 59.7 Å². The molecule has 0 N–H and O–H groups in total. The van der Waals surface area contributed by atoms with Gasteiger partial charge in [0.1, 0.15) is 11.4 Å². The van der Waals surface area contributed by atoms with E-state index in [0.29, 0.717) is 17.8 Å². The number of nitrogens with zero attached hydrogens (tertiary/aromatic N) is 2. The van der Waals surface area contributed by atoms with Crippen LogP contribution >= 0.6 is 0 Å². The molecule has 0 amide bonds. The predicted molar refractivity (Wildman–Crippen MR) is 91.7 cm³/mol. The summed E-state index contributed by atoms with van der Waals surface area (Å²) in [5.74, 6) is -2.63. The zero-order valence-electron chi connectivity index (χ0n) is 14.3. The molecule has 26 heavy (non-hydrogen) atoms. The third kappa shape index (κ3) is 5.41. The fourth-order valence-electron chi connectivity index (χ4n) is 2.19. The number of aryl methyl sites for hydroxylation is 1. The molecule has 2 heterocycles.